The van der Waals surface area contributed by atoms with Crippen molar-refractivity contribution in [2.24, 2.45) is 0 Å². The number of esters is 1. The fraction of sp³-hybridized carbons (Fsp3) is 0.167. The van der Waals surface area contributed by atoms with Gasteiger partial charge in [0.15, 0.2) is 6.10 Å². The number of carbonyl (C=O) groups is 3. The molecular weight excluding hydrogens is 468 g/mol. The predicted octanol–water partition coefficient (Wildman–Crippen LogP) is 3.57. The topological polar surface area (TPSA) is 105 Å². The van der Waals surface area contributed by atoms with Crippen molar-refractivity contribution in [2.75, 3.05) is 7.11 Å². The third-order valence-corrected chi connectivity index (χ3v) is 6.12. The van der Waals surface area contributed by atoms with Gasteiger partial charge in [0, 0.05) is 12.0 Å². The quantitative estimate of drug-likeness (QED) is 0.307. The van der Waals surface area contributed by atoms with E-state index in [1.165, 1.54) is 7.11 Å². The van der Waals surface area contributed by atoms with Crippen LogP contribution in [0.25, 0.3) is 10.8 Å². The van der Waals surface area contributed by atoms with Gasteiger partial charge in [-0.25, -0.2) is 4.79 Å². The lowest BCUT2D eigenvalue weighted by Gasteiger charge is -2.26. The van der Waals surface area contributed by atoms with E-state index in [2.05, 4.69) is 10.6 Å². The molecule has 0 aliphatic rings. The smallest absolute Gasteiger partial charge is 0.328 e. The summed E-state index contributed by atoms with van der Waals surface area (Å²) in [5.74, 6) is -1.89. The summed E-state index contributed by atoms with van der Waals surface area (Å²) in [5, 5.41) is 18.5. The van der Waals surface area contributed by atoms with Crippen molar-refractivity contribution in [3.63, 3.8) is 0 Å². The molecule has 2 amide bonds. The summed E-state index contributed by atoms with van der Waals surface area (Å²) in [7, 11) is 1.24. The standard InChI is InChI=1S/C30H28N2O5/c1-37-30(36)25(19-20-16-17-21-10-8-9-15-24(21)18-20)31-29(35)27(33)26(22-11-4-2-5-12-22)32-28(34)23-13-6-3-7-14-23/h2-18,25-27,33H,19H2,1H3,(H,31,35)(H,32,34)/t25-,26+,27-/m1/s1. The van der Waals surface area contributed by atoms with Gasteiger partial charge < -0.3 is 20.5 Å². The number of ether oxygens (including phenoxy) is 1. The van der Waals surface area contributed by atoms with E-state index in [0.717, 1.165) is 16.3 Å². The SMILES string of the molecule is COC(=O)[C@@H](Cc1ccc2ccccc2c1)NC(=O)[C@H](O)[C@@H](NC(=O)c1ccccc1)c1ccccc1. The lowest BCUT2D eigenvalue weighted by Crippen LogP contribution is -2.51. The molecule has 0 spiro atoms. The first kappa shape index (κ1) is 25.6. The number of aliphatic hydroxyl groups excluding tert-OH is 1. The zero-order valence-corrected chi connectivity index (χ0v) is 20.3. The Labute approximate surface area is 215 Å². The molecule has 0 saturated carbocycles. The average Bonchev–Trinajstić information content (AvgIpc) is 2.95. The second kappa shape index (κ2) is 12.0. The summed E-state index contributed by atoms with van der Waals surface area (Å²) in [4.78, 5) is 38.6. The van der Waals surface area contributed by atoms with Crippen LogP contribution in [0.2, 0.25) is 0 Å². The van der Waals surface area contributed by atoms with E-state index in [9.17, 15) is 19.5 Å². The third kappa shape index (κ3) is 6.39. The van der Waals surface area contributed by atoms with Crippen LogP contribution in [0.3, 0.4) is 0 Å². The van der Waals surface area contributed by atoms with Crippen LogP contribution in [0.15, 0.2) is 103 Å². The maximum atomic E-state index is 13.2. The lowest BCUT2D eigenvalue weighted by atomic mass is 9.98. The summed E-state index contributed by atoms with van der Waals surface area (Å²) in [5.41, 5.74) is 1.75. The molecular formula is C30H28N2O5. The molecule has 0 aromatic heterocycles. The van der Waals surface area contributed by atoms with Crippen molar-refractivity contribution in [3.05, 3.63) is 120 Å². The van der Waals surface area contributed by atoms with Crippen LogP contribution < -0.4 is 10.6 Å². The molecule has 3 atom stereocenters. The van der Waals surface area contributed by atoms with Gasteiger partial charge in [0.2, 0.25) is 0 Å². The molecule has 7 nitrogen and oxygen atoms in total. The summed E-state index contributed by atoms with van der Waals surface area (Å²) in [6.07, 6.45) is -1.50. The molecule has 0 radical (unpaired) electrons. The number of fused-ring (bicyclic) bond motifs is 1. The van der Waals surface area contributed by atoms with Crippen molar-refractivity contribution in [3.8, 4) is 0 Å². The van der Waals surface area contributed by atoms with Crippen LogP contribution in [0.4, 0.5) is 0 Å². The molecule has 0 aliphatic heterocycles. The molecule has 4 aromatic rings. The van der Waals surface area contributed by atoms with Gasteiger partial charge in [0.25, 0.3) is 11.8 Å². The number of amides is 2. The van der Waals surface area contributed by atoms with Crippen molar-refractivity contribution in [2.45, 2.75) is 24.6 Å². The Morgan fingerprint density at radius 1 is 0.784 bits per heavy atom. The van der Waals surface area contributed by atoms with Gasteiger partial charge in [-0.1, -0.05) is 91.0 Å². The first-order chi connectivity index (χ1) is 18.0. The molecule has 37 heavy (non-hydrogen) atoms. The highest BCUT2D eigenvalue weighted by atomic mass is 16.5. The monoisotopic (exact) mass is 496 g/mol. The number of benzene rings is 4. The van der Waals surface area contributed by atoms with Crippen molar-refractivity contribution < 1.29 is 24.2 Å². The fourth-order valence-electron chi connectivity index (χ4n) is 4.16. The first-order valence-electron chi connectivity index (χ1n) is 11.9. The molecule has 0 bridgehead atoms. The first-order valence-corrected chi connectivity index (χ1v) is 11.9. The van der Waals surface area contributed by atoms with Gasteiger partial charge >= 0.3 is 5.97 Å². The molecule has 3 N–H and O–H groups in total. The van der Waals surface area contributed by atoms with E-state index in [0.29, 0.717) is 11.1 Å². The number of methoxy groups -OCH3 is 1. The van der Waals surface area contributed by atoms with Crippen LogP contribution >= 0.6 is 0 Å². The normalized spacial score (nSPS) is 13.2. The van der Waals surface area contributed by atoms with Crippen LogP contribution in [0.1, 0.15) is 27.5 Å². The van der Waals surface area contributed by atoms with Crippen LogP contribution in [-0.2, 0) is 20.7 Å². The molecule has 4 aromatic carbocycles. The summed E-state index contributed by atoms with van der Waals surface area (Å²) >= 11 is 0. The number of hydrogen-bond donors (Lipinski definition) is 3. The molecule has 0 unspecified atom stereocenters. The van der Waals surface area contributed by atoms with Crippen molar-refractivity contribution in [1.29, 1.82) is 0 Å². The number of nitrogens with one attached hydrogen (secondary N) is 2. The summed E-state index contributed by atoms with van der Waals surface area (Å²) in [6, 6.07) is 28.7. The van der Waals surface area contributed by atoms with E-state index in [1.54, 1.807) is 60.7 Å². The zero-order valence-electron chi connectivity index (χ0n) is 20.3. The van der Waals surface area contributed by atoms with Gasteiger partial charge in [-0.2, -0.15) is 0 Å². The molecule has 0 aliphatic carbocycles. The second-order valence-electron chi connectivity index (χ2n) is 8.64. The minimum atomic E-state index is -1.67. The number of hydrogen-bond acceptors (Lipinski definition) is 5. The van der Waals surface area contributed by atoms with Crippen LogP contribution in [0.5, 0.6) is 0 Å². The summed E-state index contributed by atoms with van der Waals surface area (Å²) < 4.78 is 4.92. The van der Waals surface area contributed by atoms with Gasteiger partial charge in [-0.05, 0) is 34.0 Å². The maximum absolute atomic E-state index is 13.2. The Hall–Kier alpha value is -4.49. The minimum Gasteiger partial charge on any atom is -0.467 e. The van der Waals surface area contributed by atoms with Gasteiger partial charge in [-0.15, -0.1) is 0 Å². The van der Waals surface area contributed by atoms with E-state index < -0.39 is 36.0 Å². The zero-order chi connectivity index (χ0) is 26.2. The van der Waals surface area contributed by atoms with Crippen LogP contribution in [0, 0.1) is 0 Å². The minimum absolute atomic E-state index is 0.169. The second-order valence-corrected chi connectivity index (χ2v) is 8.64. The molecule has 7 heteroatoms. The van der Waals surface area contributed by atoms with E-state index >= 15 is 0 Å². The van der Waals surface area contributed by atoms with Crippen LogP contribution in [-0.4, -0.2) is 42.1 Å². The summed E-state index contributed by atoms with van der Waals surface area (Å²) in [6.45, 7) is 0. The Morgan fingerprint density at radius 3 is 2.08 bits per heavy atom. The third-order valence-electron chi connectivity index (χ3n) is 6.12. The molecule has 0 saturated heterocycles. The Morgan fingerprint density at radius 2 is 1.41 bits per heavy atom. The molecule has 4 rings (SSSR count). The lowest BCUT2D eigenvalue weighted by molar-refractivity contribution is -0.146. The number of aliphatic hydroxyl groups is 1. The average molecular weight is 497 g/mol. The van der Waals surface area contributed by atoms with E-state index in [1.807, 2.05) is 42.5 Å². The Bertz CT molecular complexity index is 1370. The van der Waals surface area contributed by atoms with Crippen molar-refractivity contribution in [1.82, 2.24) is 10.6 Å². The predicted molar refractivity (Wildman–Crippen MR) is 141 cm³/mol. The van der Waals surface area contributed by atoms with Gasteiger partial charge in [-0.3, -0.25) is 9.59 Å². The fourth-order valence-corrected chi connectivity index (χ4v) is 4.16. The largest absolute Gasteiger partial charge is 0.467 e. The van der Waals surface area contributed by atoms with Crippen molar-refractivity contribution >= 4 is 28.6 Å². The van der Waals surface area contributed by atoms with E-state index in [-0.39, 0.29) is 6.42 Å². The maximum Gasteiger partial charge on any atom is 0.328 e. The highest BCUT2D eigenvalue weighted by Gasteiger charge is 2.32. The Balaban J connectivity index is 1.54. The highest BCUT2D eigenvalue weighted by Crippen LogP contribution is 2.20. The number of carbonyl (C=O) groups excluding carboxylic acids is 3. The van der Waals surface area contributed by atoms with Gasteiger partial charge in [0.1, 0.15) is 6.04 Å². The van der Waals surface area contributed by atoms with Gasteiger partial charge in [0.05, 0.1) is 13.2 Å². The Kier molecular flexibility index (Phi) is 8.28. The highest BCUT2D eigenvalue weighted by molar-refractivity contribution is 5.95. The number of rotatable bonds is 9. The molecule has 0 heterocycles. The van der Waals surface area contributed by atoms with E-state index in [4.69, 9.17) is 4.74 Å². The molecule has 188 valence electrons. The molecule has 0 fully saturated rings.